The van der Waals surface area contributed by atoms with Crippen molar-refractivity contribution >= 4 is 5.69 Å². The van der Waals surface area contributed by atoms with Gasteiger partial charge in [0, 0.05) is 11.7 Å². The van der Waals surface area contributed by atoms with Crippen molar-refractivity contribution in [1.82, 2.24) is 0 Å². The highest BCUT2D eigenvalue weighted by Crippen LogP contribution is 2.38. The molecule has 1 aromatic carbocycles. The Kier molecular flexibility index (Phi) is 4.07. The van der Waals surface area contributed by atoms with Gasteiger partial charge >= 0.3 is 6.18 Å². The Morgan fingerprint density at radius 2 is 1.65 bits per heavy atom. The summed E-state index contributed by atoms with van der Waals surface area (Å²) in [5.41, 5.74) is 0.372. The lowest BCUT2D eigenvalue weighted by Gasteiger charge is -2.21. The third kappa shape index (κ3) is 3.38. The van der Waals surface area contributed by atoms with Crippen molar-refractivity contribution in [3.8, 4) is 0 Å². The van der Waals surface area contributed by atoms with Gasteiger partial charge in [0.15, 0.2) is 0 Å². The molecular weight excluding hydrogens is 227 g/mol. The number of halogens is 3. The minimum atomic E-state index is -4.30. The lowest BCUT2D eigenvalue weighted by molar-refractivity contribution is -0.138. The van der Waals surface area contributed by atoms with E-state index in [1.807, 2.05) is 13.8 Å². The summed E-state index contributed by atoms with van der Waals surface area (Å²) in [4.78, 5) is 0. The molecule has 0 aliphatic heterocycles. The van der Waals surface area contributed by atoms with Gasteiger partial charge < -0.3 is 5.32 Å². The van der Waals surface area contributed by atoms with E-state index in [1.165, 1.54) is 6.07 Å². The van der Waals surface area contributed by atoms with Crippen molar-refractivity contribution in [2.45, 2.75) is 45.8 Å². The van der Waals surface area contributed by atoms with Crippen LogP contribution in [0, 0.1) is 0 Å². The van der Waals surface area contributed by atoms with Crippen LogP contribution < -0.4 is 5.32 Å². The third-order valence-electron chi connectivity index (χ3n) is 2.43. The van der Waals surface area contributed by atoms with Crippen LogP contribution in [0.5, 0.6) is 0 Å². The number of rotatable bonds is 3. The highest BCUT2D eigenvalue weighted by atomic mass is 19.4. The lowest BCUT2D eigenvalue weighted by atomic mass is 9.94. The minimum absolute atomic E-state index is 0.107. The molecule has 0 radical (unpaired) electrons. The SMILES string of the molecule is CC(C)Nc1cccc(C(F)(F)F)c1C(C)C. The number of alkyl halides is 3. The predicted molar refractivity (Wildman–Crippen MR) is 64.3 cm³/mol. The van der Waals surface area contributed by atoms with Gasteiger partial charge in [-0.25, -0.2) is 0 Å². The number of hydrogen-bond donors (Lipinski definition) is 1. The van der Waals surface area contributed by atoms with Gasteiger partial charge in [0.2, 0.25) is 0 Å². The highest BCUT2D eigenvalue weighted by Gasteiger charge is 2.34. The first-order valence-electron chi connectivity index (χ1n) is 5.70. The van der Waals surface area contributed by atoms with Gasteiger partial charge in [0.1, 0.15) is 0 Å². The molecule has 0 atom stereocenters. The first-order chi connectivity index (χ1) is 7.73. The van der Waals surface area contributed by atoms with Gasteiger partial charge in [-0.3, -0.25) is 0 Å². The minimum Gasteiger partial charge on any atom is -0.383 e. The summed E-state index contributed by atoms with van der Waals surface area (Å²) in [5, 5.41) is 3.07. The number of hydrogen-bond acceptors (Lipinski definition) is 1. The van der Waals surface area contributed by atoms with E-state index in [4.69, 9.17) is 0 Å². The number of anilines is 1. The zero-order valence-corrected chi connectivity index (χ0v) is 10.5. The zero-order chi connectivity index (χ0) is 13.2. The molecule has 0 unspecified atom stereocenters. The summed E-state index contributed by atoms with van der Waals surface area (Å²) in [6.45, 7) is 7.36. The molecule has 0 saturated carbocycles. The van der Waals surface area contributed by atoms with Gasteiger partial charge in [-0.05, 0) is 37.5 Å². The first-order valence-corrected chi connectivity index (χ1v) is 5.70. The number of benzene rings is 1. The van der Waals surface area contributed by atoms with E-state index in [9.17, 15) is 13.2 Å². The molecule has 4 heteroatoms. The Morgan fingerprint density at radius 1 is 1.06 bits per heavy atom. The number of nitrogens with one attached hydrogen (secondary N) is 1. The Labute approximate surface area is 100 Å². The monoisotopic (exact) mass is 245 g/mol. The van der Waals surface area contributed by atoms with Gasteiger partial charge in [0.25, 0.3) is 0 Å². The van der Waals surface area contributed by atoms with Crippen LogP contribution in [-0.2, 0) is 6.18 Å². The fourth-order valence-electron chi connectivity index (χ4n) is 1.87. The van der Waals surface area contributed by atoms with Crippen LogP contribution in [0.2, 0.25) is 0 Å². The maximum absolute atomic E-state index is 12.9. The maximum Gasteiger partial charge on any atom is 0.416 e. The van der Waals surface area contributed by atoms with Crippen LogP contribution in [-0.4, -0.2) is 6.04 Å². The second-order valence-corrected chi connectivity index (χ2v) is 4.72. The molecule has 0 aliphatic carbocycles. The van der Waals surface area contributed by atoms with Crippen LogP contribution in [0.25, 0.3) is 0 Å². The van der Waals surface area contributed by atoms with Crippen molar-refractivity contribution in [1.29, 1.82) is 0 Å². The molecule has 0 spiro atoms. The van der Waals surface area contributed by atoms with Gasteiger partial charge in [-0.1, -0.05) is 19.9 Å². The maximum atomic E-state index is 12.9. The molecule has 17 heavy (non-hydrogen) atoms. The molecule has 1 aromatic rings. The Balaban J connectivity index is 3.32. The molecule has 0 heterocycles. The summed E-state index contributed by atoms with van der Waals surface area (Å²) in [6.07, 6.45) is -4.30. The van der Waals surface area contributed by atoms with Gasteiger partial charge in [0.05, 0.1) is 5.56 Å². The standard InChI is InChI=1S/C13H18F3N/c1-8(2)12-10(13(14,15)16)6-5-7-11(12)17-9(3)4/h5-9,17H,1-4H3. The zero-order valence-electron chi connectivity index (χ0n) is 10.5. The quantitative estimate of drug-likeness (QED) is 0.817. The van der Waals surface area contributed by atoms with Crippen LogP contribution in [0.3, 0.4) is 0 Å². The van der Waals surface area contributed by atoms with E-state index < -0.39 is 11.7 Å². The second-order valence-electron chi connectivity index (χ2n) is 4.72. The Hall–Kier alpha value is -1.19. The largest absolute Gasteiger partial charge is 0.416 e. The second kappa shape index (κ2) is 4.98. The van der Waals surface area contributed by atoms with E-state index in [2.05, 4.69) is 5.32 Å². The molecule has 0 aromatic heterocycles. The van der Waals surface area contributed by atoms with Crippen LogP contribution in [0.15, 0.2) is 18.2 Å². The molecule has 0 saturated heterocycles. The van der Waals surface area contributed by atoms with Crippen molar-refractivity contribution in [3.05, 3.63) is 29.3 Å². The van der Waals surface area contributed by atoms with Crippen LogP contribution >= 0.6 is 0 Å². The normalized spacial score (nSPS) is 12.3. The van der Waals surface area contributed by atoms with Crippen molar-refractivity contribution in [2.24, 2.45) is 0 Å². The molecule has 1 nitrogen and oxygen atoms in total. The smallest absolute Gasteiger partial charge is 0.383 e. The van der Waals surface area contributed by atoms with Gasteiger partial charge in [-0.2, -0.15) is 13.2 Å². The van der Waals surface area contributed by atoms with E-state index in [0.717, 1.165) is 6.07 Å². The summed E-state index contributed by atoms with van der Waals surface area (Å²) in [5.74, 6) is -0.172. The van der Waals surface area contributed by atoms with Crippen molar-refractivity contribution in [3.63, 3.8) is 0 Å². The van der Waals surface area contributed by atoms with E-state index in [0.29, 0.717) is 11.3 Å². The van der Waals surface area contributed by atoms with Crippen LogP contribution in [0.4, 0.5) is 18.9 Å². The predicted octanol–water partition coefficient (Wildman–Crippen LogP) is 4.65. The molecule has 1 rings (SSSR count). The lowest BCUT2D eigenvalue weighted by Crippen LogP contribution is -2.16. The molecule has 0 amide bonds. The highest BCUT2D eigenvalue weighted by molar-refractivity contribution is 5.57. The average molecular weight is 245 g/mol. The summed E-state index contributed by atoms with van der Waals surface area (Å²) < 4.78 is 38.7. The van der Waals surface area contributed by atoms with Crippen molar-refractivity contribution in [2.75, 3.05) is 5.32 Å². The Bertz CT molecular complexity index is 381. The van der Waals surface area contributed by atoms with E-state index >= 15 is 0 Å². The first kappa shape index (κ1) is 13.9. The topological polar surface area (TPSA) is 12.0 Å². The van der Waals surface area contributed by atoms with Crippen molar-refractivity contribution < 1.29 is 13.2 Å². The van der Waals surface area contributed by atoms with Crippen LogP contribution in [0.1, 0.15) is 44.7 Å². The molecule has 0 bridgehead atoms. The third-order valence-corrected chi connectivity index (χ3v) is 2.43. The summed E-state index contributed by atoms with van der Waals surface area (Å²) in [6, 6.07) is 4.39. The van der Waals surface area contributed by atoms with E-state index in [1.54, 1.807) is 19.9 Å². The summed E-state index contributed by atoms with van der Waals surface area (Å²) >= 11 is 0. The molecular formula is C13H18F3N. The molecule has 0 aliphatic rings. The Morgan fingerprint density at radius 3 is 2.06 bits per heavy atom. The molecule has 1 N–H and O–H groups in total. The average Bonchev–Trinajstić information content (AvgIpc) is 2.14. The van der Waals surface area contributed by atoms with E-state index in [-0.39, 0.29) is 12.0 Å². The molecule has 96 valence electrons. The van der Waals surface area contributed by atoms with Gasteiger partial charge in [-0.15, -0.1) is 0 Å². The fraction of sp³-hybridized carbons (Fsp3) is 0.538. The summed E-state index contributed by atoms with van der Waals surface area (Å²) in [7, 11) is 0. The fourth-order valence-corrected chi connectivity index (χ4v) is 1.87. The molecule has 0 fully saturated rings.